The smallest absolute Gasteiger partial charge is 0.231 e. The van der Waals surface area contributed by atoms with Crippen LogP contribution in [0, 0.1) is 0 Å². The standard InChI is InChI=1S/C20H14NO4/c1-21-8-15-12(4-5-16-20(15)25-10-22-16)13-3-2-11-6-17-18(24-9-23-17)7-14(11)19(13)21/h2-8H,9-10H2,1H3/q+1/i1+1D3. The van der Waals surface area contributed by atoms with Crippen LogP contribution in [-0.4, -0.2) is 13.6 Å². The molecule has 0 unspecified atom stereocenters. The van der Waals surface area contributed by atoms with Gasteiger partial charge in [-0.2, -0.15) is 4.57 Å². The van der Waals surface area contributed by atoms with Gasteiger partial charge in [0, 0.05) is 5.39 Å². The van der Waals surface area contributed by atoms with Gasteiger partial charge in [0.25, 0.3) is 0 Å². The molecule has 2 aliphatic rings. The fourth-order valence-electron chi connectivity index (χ4n) is 3.73. The Kier molecular flexibility index (Phi) is 1.89. The Hall–Kier alpha value is -3.21. The molecule has 0 amide bonds. The van der Waals surface area contributed by atoms with Crippen molar-refractivity contribution < 1.29 is 27.6 Å². The lowest BCUT2D eigenvalue weighted by atomic mass is 10.0. The zero-order valence-electron chi connectivity index (χ0n) is 16.0. The lowest BCUT2D eigenvalue weighted by molar-refractivity contribution is -0.642. The number of benzene rings is 3. The van der Waals surface area contributed by atoms with E-state index in [0.29, 0.717) is 33.9 Å². The molecule has 0 saturated carbocycles. The van der Waals surface area contributed by atoms with Crippen molar-refractivity contribution in [2.75, 3.05) is 13.6 Å². The normalized spacial score (nSPS) is 17.0. The van der Waals surface area contributed by atoms with Crippen LogP contribution in [0.1, 0.15) is 4.11 Å². The number of hydrogen-bond donors (Lipinski definition) is 0. The molecule has 0 aliphatic carbocycles. The first kappa shape index (κ1) is 10.6. The van der Waals surface area contributed by atoms with Crippen molar-refractivity contribution in [1.29, 1.82) is 0 Å². The highest BCUT2D eigenvalue weighted by Gasteiger charge is 2.24. The van der Waals surface area contributed by atoms with Gasteiger partial charge in [0.15, 0.2) is 29.2 Å². The zero-order chi connectivity index (χ0) is 19.0. The number of hydrogen-bond acceptors (Lipinski definition) is 4. The second-order valence-electron chi connectivity index (χ2n) is 6.15. The van der Waals surface area contributed by atoms with Crippen LogP contribution in [0.15, 0.2) is 42.6 Å². The topological polar surface area (TPSA) is 40.8 Å². The van der Waals surface area contributed by atoms with Gasteiger partial charge in [-0.25, -0.2) is 0 Å². The average Bonchev–Trinajstić information content (AvgIpc) is 3.32. The van der Waals surface area contributed by atoms with E-state index in [9.17, 15) is 0 Å². The van der Waals surface area contributed by atoms with Gasteiger partial charge in [-0.15, -0.1) is 0 Å². The van der Waals surface area contributed by atoms with Gasteiger partial charge in [0.2, 0.25) is 19.1 Å². The van der Waals surface area contributed by atoms with Crippen LogP contribution < -0.4 is 23.5 Å². The van der Waals surface area contributed by atoms with E-state index in [1.165, 1.54) is 4.57 Å². The van der Waals surface area contributed by atoms with Crippen LogP contribution in [0.25, 0.3) is 32.4 Å². The van der Waals surface area contributed by atoms with Crippen molar-refractivity contribution in [2.45, 2.75) is 0 Å². The maximum Gasteiger partial charge on any atom is 0.231 e. The van der Waals surface area contributed by atoms with Crippen LogP contribution in [0.3, 0.4) is 0 Å². The number of aryl methyl sites for hydroxylation is 1. The molecule has 0 atom stereocenters. The van der Waals surface area contributed by atoms with Gasteiger partial charge in [-0.05, 0) is 35.7 Å². The molecule has 0 saturated heterocycles. The Bertz CT molecular complexity index is 1320. The van der Waals surface area contributed by atoms with Gasteiger partial charge in [0.1, 0.15) is 11.1 Å². The molecule has 3 aromatic carbocycles. The van der Waals surface area contributed by atoms with Crippen LogP contribution >= 0.6 is 0 Å². The average molecular weight is 336 g/mol. The van der Waals surface area contributed by atoms with Crippen molar-refractivity contribution in [3.8, 4) is 23.0 Å². The predicted molar refractivity (Wildman–Crippen MR) is 92.4 cm³/mol. The van der Waals surface area contributed by atoms with E-state index in [4.69, 9.17) is 23.1 Å². The first-order chi connectivity index (χ1) is 13.5. The zero-order valence-corrected chi connectivity index (χ0v) is 13.0. The van der Waals surface area contributed by atoms with Crippen molar-refractivity contribution in [2.24, 2.45) is 6.98 Å². The first-order valence-electron chi connectivity index (χ1n) is 9.44. The largest absolute Gasteiger partial charge is 0.454 e. The molecule has 2 aliphatic heterocycles. The summed E-state index contributed by atoms with van der Waals surface area (Å²) in [5.74, 6) is 2.47. The van der Waals surface area contributed by atoms with Crippen LogP contribution in [0.2, 0.25) is 0 Å². The third-order valence-corrected chi connectivity index (χ3v) is 4.85. The Balaban J connectivity index is 1.83. The number of ether oxygens (including phenoxy) is 4. The van der Waals surface area contributed by atoms with Crippen molar-refractivity contribution >= 4 is 32.4 Å². The Morgan fingerprint density at radius 2 is 1.60 bits per heavy atom. The fraction of sp³-hybridized carbons (Fsp3) is 0.150. The number of pyridine rings is 1. The minimum atomic E-state index is -2.38. The molecule has 5 heteroatoms. The summed E-state index contributed by atoms with van der Waals surface area (Å²) in [6.45, 7) is -2.09. The third-order valence-electron chi connectivity index (χ3n) is 4.85. The molecule has 5 nitrogen and oxygen atoms in total. The summed E-state index contributed by atoms with van der Waals surface area (Å²) in [6, 6.07) is 11.4. The SMILES string of the molecule is [2H][13C]([2H])([2H])[n+]1cc2c3c(ccc2c2ccc4cc5c(cc4c21)OCO5)OCO3. The summed E-state index contributed by atoms with van der Waals surface area (Å²) < 4.78 is 47.8. The first-order valence-corrected chi connectivity index (χ1v) is 7.94. The minimum Gasteiger partial charge on any atom is -0.454 e. The van der Waals surface area contributed by atoms with Crippen molar-refractivity contribution in [3.05, 3.63) is 42.6 Å². The molecule has 0 radical (unpaired) electrons. The Morgan fingerprint density at radius 1 is 0.800 bits per heavy atom. The minimum absolute atomic E-state index is 0.126. The molecule has 122 valence electrons. The monoisotopic (exact) mass is 336 g/mol. The third kappa shape index (κ3) is 1.65. The molecule has 4 aromatic rings. The highest BCUT2D eigenvalue weighted by molar-refractivity contribution is 6.15. The summed E-state index contributed by atoms with van der Waals surface area (Å²) in [5.41, 5.74) is 0.613. The second kappa shape index (κ2) is 4.45. The maximum absolute atomic E-state index is 8.12. The van der Waals surface area contributed by atoms with E-state index < -0.39 is 6.98 Å². The highest BCUT2D eigenvalue weighted by atomic mass is 16.7. The molecule has 1 aromatic heterocycles. The Morgan fingerprint density at radius 3 is 2.52 bits per heavy atom. The molecule has 0 fully saturated rings. The van der Waals surface area contributed by atoms with E-state index in [-0.39, 0.29) is 13.6 Å². The molecular formula is C20H14NO4+. The summed E-state index contributed by atoms with van der Waals surface area (Å²) >= 11 is 0. The highest BCUT2D eigenvalue weighted by Crippen LogP contribution is 2.42. The molecule has 6 rings (SSSR count). The predicted octanol–water partition coefficient (Wildman–Crippen LogP) is 3.43. The van der Waals surface area contributed by atoms with E-state index in [2.05, 4.69) is 0 Å². The van der Waals surface area contributed by atoms with Gasteiger partial charge in [0.05, 0.1) is 16.2 Å². The number of nitrogens with zero attached hydrogens (tertiary/aromatic N) is 1. The number of fused-ring (bicyclic) bond motifs is 8. The molecular weight excluding hydrogens is 319 g/mol. The number of aromatic nitrogens is 1. The molecule has 3 heterocycles. The summed E-state index contributed by atoms with van der Waals surface area (Å²) in [5, 5.41) is 4.10. The fourth-order valence-corrected chi connectivity index (χ4v) is 3.73. The van der Waals surface area contributed by atoms with Gasteiger partial charge in [-0.3, -0.25) is 0 Å². The van der Waals surface area contributed by atoms with E-state index in [1.807, 2.05) is 36.4 Å². The summed E-state index contributed by atoms with van der Waals surface area (Å²) in [6.07, 6.45) is 1.63. The quantitative estimate of drug-likeness (QED) is 0.280. The summed E-state index contributed by atoms with van der Waals surface area (Å²) in [4.78, 5) is 0. The molecule has 25 heavy (non-hydrogen) atoms. The maximum atomic E-state index is 8.12. The van der Waals surface area contributed by atoms with E-state index >= 15 is 0 Å². The van der Waals surface area contributed by atoms with Crippen LogP contribution in [-0.2, 0) is 6.98 Å². The summed E-state index contributed by atoms with van der Waals surface area (Å²) in [7, 11) is 0. The van der Waals surface area contributed by atoms with Crippen molar-refractivity contribution in [3.63, 3.8) is 0 Å². The lowest BCUT2D eigenvalue weighted by Gasteiger charge is -2.08. The van der Waals surface area contributed by atoms with E-state index in [1.54, 1.807) is 6.20 Å². The van der Waals surface area contributed by atoms with Gasteiger partial charge in [-0.1, -0.05) is 6.07 Å². The van der Waals surface area contributed by atoms with Gasteiger partial charge < -0.3 is 18.9 Å². The molecule has 0 spiro atoms. The second-order valence-corrected chi connectivity index (χ2v) is 6.15. The molecule has 0 N–H and O–H groups in total. The Labute approximate surface area is 147 Å². The van der Waals surface area contributed by atoms with Crippen LogP contribution in [0.4, 0.5) is 0 Å². The molecule has 0 bridgehead atoms. The van der Waals surface area contributed by atoms with Crippen molar-refractivity contribution in [1.82, 2.24) is 0 Å². The van der Waals surface area contributed by atoms with Crippen LogP contribution in [0.5, 0.6) is 23.0 Å². The lowest BCUT2D eigenvalue weighted by Crippen LogP contribution is -2.28. The van der Waals surface area contributed by atoms with Gasteiger partial charge >= 0.3 is 0 Å². The van der Waals surface area contributed by atoms with E-state index in [0.717, 1.165) is 21.5 Å². The number of rotatable bonds is 0.